The van der Waals surface area contributed by atoms with E-state index in [4.69, 9.17) is 0 Å². The van der Waals surface area contributed by atoms with Crippen molar-refractivity contribution in [3.63, 3.8) is 0 Å². The highest BCUT2D eigenvalue weighted by Crippen LogP contribution is 2.16. The molecule has 0 saturated heterocycles. The third kappa shape index (κ3) is 3.07. The lowest BCUT2D eigenvalue weighted by Crippen LogP contribution is -2.22. The molecule has 1 amide bonds. The molecule has 1 atom stereocenters. The first-order valence-corrected chi connectivity index (χ1v) is 6.61. The normalized spacial score (nSPS) is 12.8. The standard InChI is InChI=1S/C8H13N3O2S2/c1-4-9-6(12)7-10-11-8(14-7)15(13)5(2)3/h5H,4H2,1-3H3,(H,9,12). The highest BCUT2D eigenvalue weighted by molar-refractivity contribution is 7.87. The van der Waals surface area contributed by atoms with E-state index < -0.39 is 10.8 Å². The number of carbonyl (C=O) groups excluding carboxylic acids is 1. The van der Waals surface area contributed by atoms with Crippen LogP contribution in [0.4, 0.5) is 0 Å². The lowest BCUT2D eigenvalue weighted by molar-refractivity contribution is 0.0954. The first kappa shape index (κ1) is 12.3. The Morgan fingerprint density at radius 2 is 2.20 bits per heavy atom. The van der Waals surface area contributed by atoms with E-state index in [1.54, 1.807) is 0 Å². The Balaban J connectivity index is 2.80. The molecular weight excluding hydrogens is 234 g/mol. The summed E-state index contributed by atoms with van der Waals surface area (Å²) in [6, 6.07) is 0. The molecule has 0 aliphatic carbocycles. The molecule has 1 heterocycles. The number of amides is 1. The van der Waals surface area contributed by atoms with Gasteiger partial charge in [0.05, 0.1) is 10.8 Å². The van der Waals surface area contributed by atoms with Crippen LogP contribution in [0.3, 0.4) is 0 Å². The van der Waals surface area contributed by atoms with E-state index in [1.165, 1.54) is 0 Å². The molecule has 7 heteroatoms. The first-order chi connectivity index (χ1) is 7.06. The van der Waals surface area contributed by atoms with E-state index in [2.05, 4.69) is 15.5 Å². The highest BCUT2D eigenvalue weighted by Gasteiger charge is 2.17. The topological polar surface area (TPSA) is 72.0 Å². The molecule has 0 saturated carbocycles. The SMILES string of the molecule is CCNC(=O)c1nnc(S(=O)C(C)C)s1. The summed E-state index contributed by atoms with van der Waals surface area (Å²) >= 11 is 1.08. The Labute approximate surface area is 94.8 Å². The van der Waals surface area contributed by atoms with Crippen molar-refractivity contribution in [1.82, 2.24) is 15.5 Å². The molecule has 5 nitrogen and oxygen atoms in total. The predicted molar refractivity (Wildman–Crippen MR) is 59.5 cm³/mol. The summed E-state index contributed by atoms with van der Waals surface area (Å²) in [5.41, 5.74) is 0. The van der Waals surface area contributed by atoms with Gasteiger partial charge in [-0.3, -0.25) is 9.00 Å². The molecule has 0 aliphatic heterocycles. The van der Waals surface area contributed by atoms with Crippen molar-refractivity contribution in [3.8, 4) is 0 Å². The van der Waals surface area contributed by atoms with E-state index in [1.807, 2.05) is 20.8 Å². The molecule has 1 aromatic rings. The quantitative estimate of drug-likeness (QED) is 0.854. The van der Waals surface area contributed by atoms with E-state index in [0.717, 1.165) is 11.3 Å². The second kappa shape index (κ2) is 5.32. The average Bonchev–Trinajstić information content (AvgIpc) is 2.65. The van der Waals surface area contributed by atoms with Crippen LogP contribution in [-0.4, -0.2) is 32.1 Å². The predicted octanol–water partition coefficient (Wildman–Crippen LogP) is 0.804. The van der Waals surface area contributed by atoms with Gasteiger partial charge in [0.1, 0.15) is 0 Å². The fraction of sp³-hybridized carbons (Fsp3) is 0.625. The van der Waals surface area contributed by atoms with Crippen LogP contribution in [0, 0.1) is 0 Å². The van der Waals surface area contributed by atoms with E-state index in [-0.39, 0.29) is 16.2 Å². The van der Waals surface area contributed by atoms with Crippen LogP contribution in [-0.2, 0) is 10.8 Å². The van der Waals surface area contributed by atoms with Gasteiger partial charge >= 0.3 is 0 Å². The van der Waals surface area contributed by atoms with Gasteiger partial charge in [-0.15, -0.1) is 10.2 Å². The van der Waals surface area contributed by atoms with Crippen molar-refractivity contribution >= 4 is 28.0 Å². The number of carbonyl (C=O) groups is 1. The third-order valence-corrected chi connectivity index (χ3v) is 4.28. The van der Waals surface area contributed by atoms with Crippen molar-refractivity contribution in [2.75, 3.05) is 6.54 Å². The molecule has 1 unspecified atom stereocenters. The van der Waals surface area contributed by atoms with Crippen molar-refractivity contribution in [2.24, 2.45) is 0 Å². The maximum absolute atomic E-state index is 11.6. The number of aromatic nitrogens is 2. The molecule has 1 aromatic heterocycles. The first-order valence-electron chi connectivity index (χ1n) is 4.58. The van der Waals surface area contributed by atoms with Crippen molar-refractivity contribution in [2.45, 2.75) is 30.4 Å². The third-order valence-electron chi connectivity index (χ3n) is 1.54. The summed E-state index contributed by atoms with van der Waals surface area (Å²) in [6.07, 6.45) is 0. The zero-order chi connectivity index (χ0) is 11.4. The minimum atomic E-state index is -1.17. The van der Waals surface area contributed by atoms with Gasteiger partial charge in [-0.05, 0) is 6.92 Å². The largest absolute Gasteiger partial charge is 0.350 e. The Morgan fingerprint density at radius 3 is 2.73 bits per heavy atom. The van der Waals surface area contributed by atoms with Gasteiger partial charge in [-0.2, -0.15) is 0 Å². The molecule has 0 bridgehead atoms. The van der Waals surface area contributed by atoms with E-state index >= 15 is 0 Å². The zero-order valence-corrected chi connectivity index (χ0v) is 10.4. The van der Waals surface area contributed by atoms with Gasteiger partial charge in [0, 0.05) is 11.8 Å². The van der Waals surface area contributed by atoms with E-state index in [9.17, 15) is 9.00 Å². The van der Waals surface area contributed by atoms with E-state index in [0.29, 0.717) is 10.9 Å². The van der Waals surface area contributed by atoms with Gasteiger partial charge in [0.15, 0.2) is 0 Å². The lowest BCUT2D eigenvalue weighted by Gasteiger charge is -1.98. The van der Waals surface area contributed by atoms with Crippen molar-refractivity contribution < 1.29 is 9.00 Å². The number of nitrogens with zero attached hydrogens (tertiary/aromatic N) is 2. The molecular formula is C8H13N3O2S2. The van der Waals surface area contributed by atoms with Crippen LogP contribution >= 0.6 is 11.3 Å². The van der Waals surface area contributed by atoms with Crippen LogP contribution in [0.5, 0.6) is 0 Å². The molecule has 0 aromatic carbocycles. The average molecular weight is 247 g/mol. The Bertz CT molecular complexity index is 376. The van der Waals surface area contributed by atoms with Crippen LogP contribution in [0.15, 0.2) is 4.34 Å². The van der Waals surface area contributed by atoms with Crippen LogP contribution < -0.4 is 5.32 Å². The van der Waals surface area contributed by atoms with Gasteiger partial charge in [0.25, 0.3) is 5.91 Å². The Hall–Kier alpha value is -0.820. The molecule has 1 rings (SSSR count). The summed E-state index contributed by atoms with van der Waals surface area (Å²) < 4.78 is 12.0. The van der Waals surface area contributed by atoms with Gasteiger partial charge in [-0.1, -0.05) is 25.2 Å². The molecule has 15 heavy (non-hydrogen) atoms. The molecule has 0 aliphatic rings. The lowest BCUT2D eigenvalue weighted by atomic mass is 10.6. The van der Waals surface area contributed by atoms with Crippen LogP contribution in [0.2, 0.25) is 0 Å². The maximum Gasteiger partial charge on any atom is 0.282 e. The molecule has 1 N–H and O–H groups in total. The Kier molecular flexibility index (Phi) is 4.34. The number of hydrogen-bond donors (Lipinski definition) is 1. The van der Waals surface area contributed by atoms with Gasteiger partial charge < -0.3 is 5.32 Å². The molecule has 0 fully saturated rings. The monoisotopic (exact) mass is 247 g/mol. The summed E-state index contributed by atoms with van der Waals surface area (Å²) in [6.45, 7) is 6.04. The minimum Gasteiger partial charge on any atom is -0.350 e. The summed E-state index contributed by atoms with van der Waals surface area (Å²) in [4.78, 5) is 11.3. The summed E-state index contributed by atoms with van der Waals surface area (Å²) in [7, 11) is -1.17. The van der Waals surface area contributed by atoms with Crippen LogP contribution in [0.25, 0.3) is 0 Å². The Morgan fingerprint density at radius 1 is 1.53 bits per heavy atom. The number of nitrogens with one attached hydrogen (secondary N) is 1. The molecule has 0 spiro atoms. The zero-order valence-electron chi connectivity index (χ0n) is 8.81. The minimum absolute atomic E-state index is 0.0139. The van der Waals surface area contributed by atoms with Gasteiger partial charge in [-0.25, -0.2) is 0 Å². The van der Waals surface area contributed by atoms with Crippen molar-refractivity contribution in [1.29, 1.82) is 0 Å². The smallest absolute Gasteiger partial charge is 0.282 e. The van der Waals surface area contributed by atoms with Gasteiger partial charge in [0.2, 0.25) is 9.35 Å². The van der Waals surface area contributed by atoms with Crippen molar-refractivity contribution in [3.05, 3.63) is 5.01 Å². The maximum atomic E-state index is 11.6. The van der Waals surface area contributed by atoms with Crippen LogP contribution in [0.1, 0.15) is 30.6 Å². The highest BCUT2D eigenvalue weighted by atomic mass is 32.2. The second-order valence-corrected chi connectivity index (χ2v) is 6.24. The molecule has 0 radical (unpaired) electrons. The molecule has 84 valence electrons. The summed E-state index contributed by atoms with van der Waals surface area (Å²) in [5, 5.41) is 10.3. The second-order valence-electron chi connectivity index (χ2n) is 3.08. The fourth-order valence-electron chi connectivity index (χ4n) is 0.821. The number of rotatable bonds is 4. The fourth-order valence-corrected chi connectivity index (χ4v) is 2.98. The summed E-state index contributed by atoms with van der Waals surface area (Å²) in [5.74, 6) is -0.262. The number of hydrogen-bond acceptors (Lipinski definition) is 5.